The summed E-state index contributed by atoms with van der Waals surface area (Å²) >= 11 is 0. The van der Waals surface area contributed by atoms with Gasteiger partial charge in [0, 0.05) is 19.0 Å². The van der Waals surface area contributed by atoms with Crippen molar-refractivity contribution in [2.24, 2.45) is 0 Å². The summed E-state index contributed by atoms with van der Waals surface area (Å²) in [6.45, 7) is 16.2. The van der Waals surface area contributed by atoms with Crippen molar-refractivity contribution in [2.45, 2.75) is 20.3 Å². The number of nitrogens with zero attached hydrogens (tertiary/aromatic N) is 1. The van der Waals surface area contributed by atoms with Gasteiger partial charge in [-0.2, -0.15) is 0 Å². The van der Waals surface area contributed by atoms with Crippen molar-refractivity contribution in [3.05, 3.63) is 12.7 Å². The largest absolute Gasteiger partial charge is 0.550 e. The maximum atomic E-state index is 9.87. The van der Waals surface area contributed by atoms with Crippen molar-refractivity contribution in [3.8, 4) is 0 Å². The van der Waals surface area contributed by atoms with Crippen molar-refractivity contribution in [2.75, 3.05) is 65.8 Å². The number of aliphatic carboxylic acids is 1. The number of carbonyl (C=O) groups excluding carboxylic acids is 1. The number of carbonyl (C=O) groups is 1. The van der Waals surface area contributed by atoms with Gasteiger partial charge in [-0.25, -0.2) is 0 Å². The van der Waals surface area contributed by atoms with Crippen LogP contribution in [0.2, 0.25) is 0 Å². The molecule has 0 aliphatic carbocycles. The lowest BCUT2D eigenvalue weighted by atomic mass is 10.3. The first kappa shape index (κ1) is 21.0. The second-order valence-electron chi connectivity index (χ2n) is 5.12. The van der Waals surface area contributed by atoms with Crippen molar-refractivity contribution in [1.82, 2.24) is 0 Å². The third-order valence-electron chi connectivity index (χ3n) is 3.63. The highest BCUT2D eigenvalue weighted by atomic mass is 16.5. The summed E-state index contributed by atoms with van der Waals surface area (Å²) in [5.41, 5.74) is 0. The molecule has 1 aliphatic rings. The van der Waals surface area contributed by atoms with Crippen LogP contribution < -0.4 is 5.11 Å². The maximum absolute atomic E-state index is 9.87. The summed E-state index contributed by atoms with van der Waals surface area (Å²) in [7, 11) is 0. The normalized spacial score (nSPS) is 16.5. The van der Waals surface area contributed by atoms with E-state index in [1.165, 1.54) is 11.0 Å². The molecule has 1 saturated heterocycles. The van der Waals surface area contributed by atoms with Crippen molar-refractivity contribution in [1.29, 1.82) is 0 Å². The predicted molar refractivity (Wildman–Crippen MR) is 83.4 cm³/mol. The lowest BCUT2D eigenvalue weighted by molar-refractivity contribution is -0.928. The van der Waals surface area contributed by atoms with Crippen LogP contribution in [0.1, 0.15) is 20.3 Å². The average molecular weight is 317 g/mol. The van der Waals surface area contributed by atoms with Crippen LogP contribution >= 0.6 is 0 Å². The highest BCUT2D eigenvalue weighted by Gasteiger charge is 2.26. The molecule has 0 amide bonds. The van der Waals surface area contributed by atoms with E-state index in [2.05, 4.69) is 13.5 Å². The van der Waals surface area contributed by atoms with Gasteiger partial charge in [-0.3, -0.25) is 0 Å². The van der Waals surface area contributed by atoms with Gasteiger partial charge in [0.25, 0.3) is 0 Å². The highest BCUT2D eigenvalue weighted by molar-refractivity contribution is 5.64. The summed E-state index contributed by atoms with van der Waals surface area (Å²) in [5, 5.41) is 9.87. The molecular weight excluding hydrogens is 286 g/mol. The van der Waals surface area contributed by atoms with Crippen LogP contribution in [0.5, 0.6) is 0 Å². The fourth-order valence-electron chi connectivity index (χ4n) is 2.15. The van der Waals surface area contributed by atoms with Gasteiger partial charge in [-0.15, -0.1) is 0 Å². The number of hydrogen-bond acceptors (Lipinski definition) is 5. The molecule has 0 atom stereocenters. The zero-order valence-corrected chi connectivity index (χ0v) is 14.1. The lowest BCUT2D eigenvalue weighted by Gasteiger charge is -2.39. The quantitative estimate of drug-likeness (QED) is 0.327. The molecule has 0 bridgehead atoms. The van der Waals surface area contributed by atoms with E-state index in [9.17, 15) is 9.90 Å². The molecule has 1 heterocycles. The number of likely N-dealkylation sites (N-methyl/N-ethyl adjacent to an activating group) is 1. The number of quaternary nitrogens is 1. The van der Waals surface area contributed by atoms with E-state index < -0.39 is 5.97 Å². The Kier molecular flexibility index (Phi) is 13.1. The molecule has 6 nitrogen and oxygen atoms in total. The predicted octanol–water partition coefficient (Wildman–Crippen LogP) is 0.219. The Hall–Kier alpha value is -0.950. The van der Waals surface area contributed by atoms with E-state index in [0.717, 1.165) is 32.8 Å². The van der Waals surface area contributed by atoms with Gasteiger partial charge >= 0.3 is 0 Å². The number of carboxylic acid groups (broad SMARTS) is 1. The standard InChI is InChI=1S/C9H18NO.C7H14O4/c1-3-5-10(4-2)6-8-11-9-7-10;1-2-10-5-6-11-4-3-7(8)9/h3H,1,4-9H2,2H3;2-6H2,1H3,(H,8,9)/q+1;/p-1. The molecular formula is C16H31NO5. The Bertz CT molecular complexity index is 290. The maximum Gasteiger partial charge on any atom is 0.103 e. The zero-order valence-electron chi connectivity index (χ0n) is 14.1. The van der Waals surface area contributed by atoms with E-state index >= 15 is 0 Å². The van der Waals surface area contributed by atoms with E-state index in [4.69, 9.17) is 14.2 Å². The van der Waals surface area contributed by atoms with Crippen molar-refractivity contribution in [3.63, 3.8) is 0 Å². The number of ether oxygens (including phenoxy) is 3. The van der Waals surface area contributed by atoms with Crippen LogP contribution in [0.25, 0.3) is 0 Å². The monoisotopic (exact) mass is 317 g/mol. The van der Waals surface area contributed by atoms with Crippen LogP contribution in [0.4, 0.5) is 0 Å². The summed E-state index contributed by atoms with van der Waals surface area (Å²) in [4.78, 5) is 9.87. The average Bonchev–Trinajstić information content (AvgIpc) is 2.52. The molecule has 1 aliphatic heterocycles. The smallest absolute Gasteiger partial charge is 0.103 e. The van der Waals surface area contributed by atoms with Crippen LogP contribution in [0.15, 0.2) is 12.7 Å². The summed E-state index contributed by atoms with van der Waals surface area (Å²) in [6, 6.07) is 0. The minimum absolute atomic E-state index is 0.0495. The van der Waals surface area contributed by atoms with Gasteiger partial charge in [0.05, 0.1) is 46.1 Å². The molecule has 1 fully saturated rings. The molecule has 0 aromatic rings. The number of hydrogen-bond donors (Lipinski definition) is 0. The SMILES string of the molecule is C=CC[N+]1(CC)CCOCC1.CCOCCOCCC(=O)[O-]. The Morgan fingerprint density at radius 3 is 2.36 bits per heavy atom. The molecule has 6 heteroatoms. The van der Waals surface area contributed by atoms with Gasteiger partial charge in [0.2, 0.25) is 0 Å². The third kappa shape index (κ3) is 10.7. The Morgan fingerprint density at radius 1 is 1.23 bits per heavy atom. The molecule has 130 valence electrons. The molecule has 0 radical (unpaired) electrons. The molecule has 0 aromatic heterocycles. The zero-order chi connectivity index (χ0) is 16.7. The van der Waals surface area contributed by atoms with E-state index in [1.54, 1.807) is 0 Å². The van der Waals surface area contributed by atoms with Crippen molar-refractivity contribution >= 4 is 5.97 Å². The van der Waals surface area contributed by atoms with Crippen LogP contribution in [0.3, 0.4) is 0 Å². The second kappa shape index (κ2) is 13.7. The molecule has 0 unspecified atom stereocenters. The molecule has 0 N–H and O–H groups in total. The van der Waals surface area contributed by atoms with Crippen LogP contribution in [-0.4, -0.2) is 76.3 Å². The fourth-order valence-corrected chi connectivity index (χ4v) is 2.15. The van der Waals surface area contributed by atoms with Gasteiger partial charge < -0.3 is 28.6 Å². The topological polar surface area (TPSA) is 67.8 Å². The summed E-state index contributed by atoms with van der Waals surface area (Å²) in [6.07, 6.45) is 1.97. The minimum atomic E-state index is -1.08. The Morgan fingerprint density at radius 2 is 1.86 bits per heavy atom. The molecule has 0 aromatic carbocycles. The van der Waals surface area contributed by atoms with Crippen LogP contribution in [0, 0.1) is 0 Å². The van der Waals surface area contributed by atoms with Gasteiger partial charge in [0.1, 0.15) is 13.1 Å². The van der Waals surface area contributed by atoms with Gasteiger partial charge in [-0.05, 0) is 19.9 Å². The van der Waals surface area contributed by atoms with E-state index in [1.807, 2.05) is 13.0 Å². The van der Waals surface area contributed by atoms with Crippen molar-refractivity contribution < 1.29 is 28.6 Å². The van der Waals surface area contributed by atoms with Gasteiger partial charge in [-0.1, -0.05) is 6.58 Å². The molecule has 1 rings (SSSR count). The molecule has 0 spiro atoms. The number of morpholine rings is 1. The minimum Gasteiger partial charge on any atom is -0.550 e. The molecule has 22 heavy (non-hydrogen) atoms. The lowest BCUT2D eigenvalue weighted by Crippen LogP contribution is -2.54. The number of carboxylic acids is 1. The third-order valence-corrected chi connectivity index (χ3v) is 3.63. The Balaban J connectivity index is 0.000000401. The highest BCUT2D eigenvalue weighted by Crippen LogP contribution is 2.10. The van der Waals surface area contributed by atoms with Crippen LogP contribution in [-0.2, 0) is 19.0 Å². The first-order valence-electron chi connectivity index (χ1n) is 7.99. The first-order valence-corrected chi connectivity index (χ1v) is 7.99. The fraction of sp³-hybridized carbons (Fsp3) is 0.812. The Labute approximate surface area is 134 Å². The summed E-state index contributed by atoms with van der Waals surface area (Å²) < 4.78 is 16.3. The van der Waals surface area contributed by atoms with E-state index in [0.29, 0.717) is 19.8 Å². The number of rotatable bonds is 10. The van der Waals surface area contributed by atoms with Gasteiger partial charge in [0.15, 0.2) is 0 Å². The van der Waals surface area contributed by atoms with E-state index in [-0.39, 0.29) is 13.0 Å². The molecule has 0 saturated carbocycles. The second-order valence-corrected chi connectivity index (χ2v) is 5.12. The first-order chi connectivity index (χ1) is 10.6. The summed E-state index contributed by atoms with van der Waals surface area (Å²) in [5.74, 6) is -1.08.